The fourth-order valence-electron chi connectivity index (χ4n) is 2.22. The standard InChI is InChI=1S/C17H20ClFN2/c1-21(2)12-15-6-4-3-5-13(15)10-20-11-14-7-8-16(18)9-17(14)19/h3-9,20H,10-12H2,1-2H3. The summed E-state index contributed by atoms with van der Waals surface area (Å²) in [5.41, 5.74) is 3.15. The van der Waals surface area contributed by atoms with E-state index in [9.17, 15) is 4.39 Å². The Morgan fingerprint density at radius 1 is 1.00 bits per heavy atom. The number of rotatable bonds is 6. The molecule has 112 valence electrons. The Balaban J connectivity index is 1.97. The first-order chi connectivity index (χ1) is 10.1. The molecule has 0 aliphatic heterocycles. The highest BCUT2D eigenvalue weighted by molar-refractivity contribution is 6.30. The van der Waals surface area contributed by atoms with Crippen LogP contribution in [0.15, 0.2) is 42.5 Å². The first-order valence-corrected chi connectivity index (χ1v) is 7.30. The number of nitrogens with zero attached hydrogens (tertiary/aromatic N) is 1. The second kappa shape index (κ2) is 7.55. The van der Waals surface area contributed by atoms with E-state index in [0.717, 1.165) is 6.54 Å². The normalized spacial score (nSPS) is 11.1. The molecule has 0 amide bonds. The van der Waals surface area contributed by atoms with E-state index in [4.69, 9.17) is 11.6 Å². The summed E-state index contributed by atoms with van der Waals surface area (Å²) < 4.78 is 13.7. The number of benzene rings is 2. The van der Waals surface area contributed by atoms with Crippen LogP contribution in [0.3, 0.4) is 0 Å². The van der Waals surface area contributed by atoms with Crippen molar-refractivity contribution in [3.63, 3.8) is 0 Å². The lowest BCUT2D eigenvalue weighted by Crippen LogP contribution is -2.17. The van der Waals surface area contributed by atoms with Gasteiger partial charge in [-0.15, -0.1) is 0 Å². The molecule has 0 spiro atoms. The molecule has 2 aromatic carbocycles. The van der Waals surface area contributed by atoms with Crippen molar-refractivity contribution < 1.29 is 4.39 Å². The van der Waals surface area contributed by atoms with E-state index in [1.54, 1.807) is 12.1 Å². The topological polar surface area (TPSA) is 15.3 Å². The van der Waals surface area contributed by atoms with Gasteiger partial charge in [-0.05, 0) is 37.4 Å². The van der Waals surface area contributed by atoms with E-state index >= 15 is 0 Å². The Morgan fingerprint density at radius 3 is 2.33 bits per heavy atom. The number of nitrogens with one attached hydrogen (secondary N) is 1. The van der Waals surface area contributed by atoms with Gasteiger partial charge in [0.15, 0.2) is 0 Å². The summed E-state index contributed by atoms with van der Waals surface area (Å²) in [6.07, 6.45) is 0. The van der Waals surface area contributed by atoms with Crippen molar-refractivity contribution in [1.82, 2.24) is 10.2 Å². The fraction of sp³-hybridized carbons (Fsp3) is 0.294. The van der Waals surface area contributed by atoms with E-state index < -0.39 is 0 Å². The molecule has 21 heavy (non-hydrogen) atoms. The summed E-state index contributed by atoms with van der Waals surface area (Å²) in [6.45, 7) is 2.10. The minimum Gasteiger partial charge on any atom is -0.309 e. The zero-order valence-electron chi connectivity index (χ0n) is 12.4. The Morgan fingerprint density at radius 2 is 1.67 bits per heavy atom. The molecule has 0 atom stereocenters. The van der Waals surface area contributed by atoms with Crippen LogP contribution in [0.2, 0.25) is 5.02 Å². The van der Waals surface area contributed by atoms with Crippen LogP contribution in [-0.2, 0) is 19.6 Å². The van der Waals surface area contributed by atoms with E-state index in [1.807, 2.05) is 26.2 Å². The molecule has 2 aromatic rings. The number of hydrogen-bond acceptors (Lipinski definition) is 2. The van der Waals surface area contributed by atoms with Gasteiger partial charge in [-0.2, -0.15) is 0 Å². The van der Waals surface area contributed by atoms with Crippen LogP contribution >= 0.6 is 11.6 Å². The SMILES string of the molecule is CN(C)Cc1ccccc1CNCc1ccc(Cl)cc1F. The van der Waals surface area contributed by atoms with E-state index in [1.165, 1.54) is 17.2 Å². The highest BCUT2D eigenvalue weighted by Crippen LogP contribution is 2.15. The van der Waals surface area contributed by atoms with Gasteiger partial charge in [0.1, 0.15) is 5.82 Å². The lowest BCUT2D eigenvalue weighted by atomic mass is 10.1. The van der Waals surface area contributed by atoms with Crippen molar-refractivity contribution in [2.75, 3.05) is 14.1 Å². The van der Waals surface area contributed by atoms with Gasteiger partial charge in [0.2, 0.25) is 0 Å². The maximum atomic E-state index is 13.7. The zero-order valence-corrected chi connectivity index (χ0v) is 13.1. The van der Waals surface area contributed by atoms with Crippen LogP contribution in [0.4, 0.5) is 4.39 Å². The first-order valence-electron chi connectivity index (χ1n) is 6.92. The molecule has 1 N–H and O–H groups in total. The molecule has 0 saturated carbocycles. The lowest BCUT2D eigenvalue weighted by Gasteiger charge is -2.14. The molecule has 2 rings (SSSR count). The van der Waals surface area contributed by atoms with Crippen molar-refractivity contribution in [3.05, 3.63) is 70.0 Å². The molecular formula is C17H20ClFN2. The van der Waals surface area contributed by atoms with Crippen molar-refractivity contribution >= 4 is 11.6 Å². The molecule has 0 fully saturated rings. The summed E-state index contributed by atoms with van der Waals surface area (Å²) >= 11 is 5.75. The largest absolute Gasteiger partial charge is 0.309 e. The van der Waals surface area contributed by atoms with Crippen LogP contribution in [0.1, 0.15) is 16.7 Å². The smallest absolute Gasteiger partial charge is 0.129 e. The second-order valence-corrected chi connectivity index (χ2v) is 5.78. The quantitative estimate of drug-likeness (QED) is 0.872. The number of halogens is 2. The molecule has 0 radical (unpaired) electrons. The molecular weight excluding hydrogens is 287 g/mol. The monoisotopic (exact) mass is 306 g/mol. The minimum atomic E-state index is -0.267. The second-order valence-electron chi connectivity index (χ2n) is 5.35. The summed E-state index contributed by atoms with van der Waals surface area (Å²) in [5.74, 6) is -0.267. The van der Waals surface area contributed by atoms with E-state index in [2.05, 4.69) is 22.3 Å². The third-order valence-corrected chi connectivity index (χ3v) is 3.49. The zero-order chi connectivity index (χ0) is 15.2. The molecule has 0 bridgehead atoms. The highest BCUT2D eigenvalue weighted by Gasteiger charge is 2.05. The molecule has 0 heterocycles. The summed E-state index contributed by atoms with van der Waals surface area (Å²) in [5, 5.41) is 3.71. The van der Waals surface area contributed by atoms with Crippen LogP contribution in [0.25, 0.3) is 0 Å². The predicted molar refractivity (Wildman–Crippen MR) is 85.8 cm³/mol. The van der Waals surface area contributed by atoms with E-state index in [0.29, 0.717) is 23.7 Å². The van der Waals surface area contributed by atoms with Gasteiger partial charge in [0.05, 0.1) is 0 Å². The van der Waals surface area contributed by atoms with Gasteiger partial charge in [-0.1, -0.05) is 41.9 Å². The average molecular weight is 307 g/mol. The molecule has 2 nitrogen and oxygen atoms in total. The Kier molecular flexibility index (Phi) is 5.74. The molecule has 0 aromatic heterocycles. The van der Waals surface area contributed by atoms with Crippen LogP contribution in [0, 0.1) is 5.82 Å². The molecule has 0 aliphatic carbocycles. The number of hydrogen-bond donors (Lipinski definition) is 1. The molecule has 0 aliphatic rings. The summed E-state index contributed by atoms with van der Waals surface area (Å²) in [6, 6.07) is 13.1. The third-order valence-electron chi connectivity index (χ3n) is 3.25. The van der Waals surface area contributed by atoms with Crippen molar-refractivity contribution in [2.45, 2.75) is 19.6 Å². The van der Waals surface area contributed by atoms with Gasteiger partial charge in [-0.25, -0.2) is 4.39 Å². The minimum absolute atomic E-state index is 0.267. The van der Waals surface area contributed by atoms with Crippen LogP contribution in [0.5, 0.6) is 0 Å². The average Bonchev–Trinajstić information content (AvgIpc) is 2.42. The van der Waals surface area contributed by atoms with Gasteiger partial charge >= 0.3 is 0 Å². The Labute approximate surface area is 130 Å². The molecule has 0 saturated heterocycles. The molecule has 0 unspecified atom stereocenters. The van der Waals surface area contributed by atoms with Gasteiger partial charge < -0.3 is 10.2 Å². The van der Waals surface area contributed by atoms with Gasteiger partial charge in [0, 0.05) is 30.2 Å². The van der Waals surface area contributed by atoms with Crippen LogP contribution < -0.4 is 5.32 Å². The van der Waals surface area contributed by atoms with Crippen LogP contribution in [-0.4, -0.2) is 19.0 Å². The Hall–Kier alpha value is -1.42. The summed E-state index contributed by atoms with van der Waals surface area (Å²) in [7, 11) is 4.10. The Bertz CT molecular complexity index is 599. The maximum absolute atomic E-state index is 13.7. The van der Waals surface area contributed by atoms with Crippen molar-refractivity contribution in [3.8, 4) is 0 Å². The maximum Gasteiger partial charge on any atom is 0.129 e. The lowest BCUT2D eigenvalue weighted by molar-refractivity contribution is 0.400. The molecule has 4 heteroatoms. The third kappa shape index (κ3) is 4.81. The van der Waals surface area contributed by atoms with Crippen molar-refractivity contribution in [2.24, 2.45) is 0 Å². The predicted octanol–water partition coefficient (Wildman–Crippen LogP) is 3.83. The highest BCUT2D eigenvalue weighted by atomic mass is 35.5. The van der Waals surface area contributed by atoms with Gasteiger partial charge in [-0.3, -0.25) is 0 Å². The van der Waals surface area contributed by atoms with Gasteiger partial charge in [0.25, 0.3) is 0 Å². The first kappa shape index (κ1) is 16.0. The fourth-order valence-corrected chi connectivity index (χ4v) is 2.38. The van der Waals surface area contributed by atoms with E-state index in [-0.39, 0.29) is 5.82 Å². The van der Waals surface area contributed by atoms with Crippen molar-refractivity contribution in [1.29, 1.82) is 0 Å². The summed E-state index contributed by atoms with van der Waals surface area (Å²) in [4.78, 5) is 2.14.